The zero-order valence-corrected chi connectivity index (χ0v) is 15.6. The predicted octanol–water partition coefficient (Wildman–Crippen LogP) is 2.72. The lowest BCUT2D eigenvalue weighted by atomic mass is 9.99. The van der Waals surface area contributed by atoms with E-state index in [0.717, 1.165) is 25.7 Å². The second-order valence-electron chi connectivity index (χ2n) is 6.49. The number of nitrogens with two attached hydrogens (primary N) is 1. The molecule has 1 fully saturated rings. The summed E-state index contributed by atoms with van der Waals surface area (Å²) in [7, 11) is -3.40. The molecule has 0 amide bonds. The number of sulfonamides is 1. The topological polar surface area (TPSA) is 72.6 Å². The molecule has 0 aromatic heterocycles. The molecular weight excluding hydrogens is 324 g/mol. The van der Waals surface area contributed by atoms with E-state index in [1.807, 2.05) is 12.1 Å². The van der Waals surface area contributed by atoms with Crippen LogP contribution >= 0.6 is 0 Å². The molecule has 1 unspecified atom stereocenters. The van der Waals surface area contributed by atoms with E-state index >= 15 is 0 Å². The highest BCUT2D eigenvalue weighted by molar-refractivity contribution is 7.89. The first-order valence-corrected chi connectivity index (χ1v) is 10.3. The van der Waals surface area contributed by atoms with Crippen LogP contribution in [0.5, 0.6) is 0 Å². The number of hydrogen-bond acceptors (Lipinski definition) is 4. The first-order chi connectivity index (χ1) is 11.5. The molecule has 0 spiro atoms. The van der Waals surface area contributed by atoms with Gasteiger partial charge in [0.1, 0.15) is 0 Å². The minimum atomic E-state index is -3.40. The Labute approximate surface area is 146 Å². The molecule has 1 aromatic rings. The molecule has 1 aliphatic rings. The molecule has 0 aliphatic carbocycles. The number of rotatable bonds is 8. The normalized spacial score (nSPS) is 18.6. The zero-order valence-electron chi connectivity index (χ0n) is 14.8. The standard InChI is InChI=1S/C18H30N2O3S/c1-3-15(2)16-5-7-18(8-6-16)24(21,22)20-12-9-17(10-13-20)23-14-4-11-19/h5-8,15,17H,3-4,9-14,19H2,1-2H3. The third kappa shape index (κ3) is 4.79. The molecule has 0 bridgehead atoms. The summed E-state index contributed by atoms with van der Waals surface area (Å²) in [5.74, 6) is 0.447. The van der Waals surface area contributed by atoms with Crippen LogP contribution in [0.2, 0.25) is 0 Å². The van der Waals surface area contributed by atoms with Crippen molar-refractivity contribution in [1.82, 2.24) is 4.31 Å². The number of hydrogen-bond donors (Lipinski definition) is 1. The quantitative estimate of drug-likeness (QED) is 0.729. The van der Waals surface area contributed by atoms with E-state index in [4.69, 9.17) is 10.5 Å². The van der Waals surface area contributed by atoms with Crippen LogP contribution in [-0.2, 0) is 14.8 Å². The maximum Gasteiger partial charge on any atom is 0.243 e. The fraction of sp³-hybridized carbons (Fsp3) is 0.667. The van der Waals surface area contributed by atoms with Crippen molar-refractivity contribution in [3.63, 3.8) is 0 Å². The molecule has 136 valence electrons. The molecule has 2 N–H and O–H groups in total. The summed E-state index contributed by atoms with van der Waals surface area (Å²) in [6.07, 6.45) is 3.53. The molecule has 1 heterocycles. The highest BCUT2D eigenvalue weighted by Gasteiger charge is 2.29. The van der Waals surface area contributed by atoms with Gasteiger partial charge in [-0.2, -0.15) is 4.31 Å². The minimum Gasteiger partial charge on any atom is -0.378 e. The van der Waals surface area contributed by atoms with Gasteiger partial charge in [0, 0.05) is 19.7 Å². The van der Waals surface area contributed by atoms with Gasteiger partial charge in [-0.25, -0.2) is 8.42 Å². The average molecular weight is 355 g/mol. The fourth-order valence-corrected chi connectivity index (χ4v) is 4.40. The van der Waals surface area contributed by atoms with Crippen molar-refractivity contribution in [3.05, 3.63) is 29.8 Å². The lowest BCUT2D eigenvalue weighted by Crippen LogP contribution is -2.41. The second kappa shape index (κ2) is 8.94. The van der Waals surface area contributed by atoms with Crippen molar-refractivity contribution < 1.29 is 13.2 Å². The molecule has 0 saturated carbocycles. The van der Waals surface area contributed by atoms with E-state index < -0.39 is 10.0 Å². The van der Waals surface area contributed by atoms with Gasteiger partial charge < -0.3 is 10.5 Å². The van der Waals surface area contributed by atoms with Crippen LogP contribution < -0.4 is 5.73 Å². The lowest BCUT2D eigenvalue weighted by Gasteiger charge is -2.31. The molecule has 24 heavy (non-hydrogen) atoms. The third-order valence-corrected chi connectivity index (χ3v) is 6.72. The van der Waals surface area contributed by atoms with Crippen LogP contribution in [0, 0.1) is 0 Å². The molecule has 1 aromatic carbocycles. The van der Waals surface area contributed by atoms with Crippen molar-refractivity contribution in [2.24, 2.45) is 5.73 Å². The van der Waals surface area contributed by atoms with Crippen molar-refractivity contribution >= 4 is 10.0 Å². The molecule has 6 heteroatoms. The Hall–Kier alpha value is -0.950. The van der Waals surface area contributed by atoms with Gasteiger partial charge in [0.15, 0.2) is 0 Å². The van der Waals surface area contributed by atoms with Crippen LogP contribution in [0.4, 0.5) is 0 Å². The van der Waals surface area contributed by atoms with E-state index in [2.05, 4.69) is 13.8 Å². The molecule has 1 atom stereocenters. The molecule has 0 radical (unpaired) electrons. The molecule has 2 rings (SSSR count). The van der Waals surface area contributed by atoms with Gasteiger partial charge in [0.05, 0.1) is 11.0 Å². The summed E-state index contributed by atoms with van der Waals surface area (Å²) in [6.45, 7) is 6.60. The summed E-state index contributed by atoms with van der Waals surface area (Å²) < 4.78 is 32.9. The number of piperidine rings is 1. The Morgan fingerprint density at radius 1 is 1.25 bits per heavy atom. The summed E-state index contributed by atoms with van der Waals surface area (Å²) in [5, 5.41) is 0. The zero-order chi connectivity index (χ0) is 17.6. The van der Waals surface area contributed by atoms with Gasteiger partial charge in [-0.15, -0.1) is 0 Å². The number of nitrogens with zero attached hydrogens (tertiary/aromatic N) is 1. The van der Waals surface area contributed by atoms with Gasteiger partial charge in [0.2, 0.25) is 10.0 Å². The highest BCUT2D eigenvalue weighted by atomic mass is 32.2. The Kier molecular flexibility index (Phi) is 7.22. The van der Waals surface area contributed by atoms with Crippen molar-refractivity contribution in [3.8, 4) is 0 Å². The summed E-state index contributed by atoms with van der Waals surface area (Å²) in [5.41, 5.74) is 6.64. The van der Waals surface area contributed by atoms with Gasteiger partial charge in [-0.1, -0.05) is 26.0 Å². The van der Waals surface area contributed by atoms with Crippen LogP contribution in [0.1, 0.15) is 51.0 Å². The largest absolute Gasteiger partial charge is 0.378 e. The van der Waals surface area contributed by atoms with Gasteiger partial charge in [-0.05, 0) is 55.8 Å². The molecular formula is C18H30N2O3S. The van der Waals surface area contributed by atoms with Crippen LogP contribution in [0.3, 0.4) is 0 Å². The number of benzene rings is 1. The van der Waals surface area contributed by atoms with Gasteiger partial charge in [-0.3, -0.25) is 0 Å². The first-order valence-electron chi connectivity index (χ1n) is 8.90. The van der Waals surface area contributed by atoms with E-state index in [1.165, 1.54) is 5.56 Å². The SMILES string of the molecule is CCC(C)c1ccc(S(=O)(=O)N2CCC(OCCCN)CC2)cc1. The third-order valence-electron chi connectivity index (χ3n) is 4.80. The fourth-order valence-electron chi connectivity index (χ4n) is 2.93. The minimum absolute atomic E-state index is 0.149. The van der Waals surface area contributed by atoms with Crippen LogP contribution in [0.25, 0.3) is 0 Å². The molecule has 1 saturated heterocycles. The van der Waals surface area contributed by atoms with Gasteiger partial charge >= 0.3 is 0 Å². The smallest absolute Gasteiger partial charge is 0.243 e. The first kappa shape index (κ1) is 19.4. The summed E-state index contributed by atoms with van der Waals surface area (Å²) in [4.78, 5) is 0.386. The van der Waals surface area contributed by atoms with Crippen molar-refractivity contribution in [1.29, 1.82) is 0 Å². The summed E-state index contributed by atoms with van der Waals surface area (Å²) in [6, 6.07) is 7.34. The van der Waals surface area contributed by atoms with Crippen molar-refractivity contribution in [2.45, 2.75) is 56.4 Å². The van der Waals surface area contributed by atoms with Crippen molar-refractivity contribution in [2.75, 3.05) is 26.2 Å². The van der Waals surface area contributed by atoms with Crippen LogP contribution in [-0.4, -0.2) is 45.1 Å². The number of ether oxygens (including phenoxy) is 1. The summed E-state index contributed by atoms with van der Waals surface area (Å²) >= 11 is 0. The Balaban J connectivity index is 1.96. The Bertz CT molecular complexity index is 593. The molecule has 5 nitrogen and oxygen atoms in total. The maximum atomic E-state index is 12.8. The Morgan fingerprint density at radius 2 is 1.88 bits per heavy atom. The highest BCUT2D eigenvalue weighted by Crippen LogP contribution is 2.25. The predicted molar refractivity (Wildman–Crippen MR) is 96.6 cm³/mol. The maximum absolute atomic E-state index is 12.8. The van der Waals surface area contributed by atoms with E-state index in [-0.39, 0.29) is 6.10 Å². The van der Waals surface area contributed by atoms with E-state index in [0.29, 0.717) is 37.1 Å². The van der Waals surface area contributed by atoms with Gasteiger partial charge in [0.25, 0.3) is 0 Å². The molecule has 1 aliphatic heterocycles. The monoisotopic (exact) mass is 354 g/mol. The van der Waals surface area contributed by atoms with E-state index in [1.54, 1.807) is 16.4 Å². The Morgan fingerprint density at radius 3 is 2.42 bits per heavy atom. The lowest BCUT2D eigenvalue weighted by molar-refractivity contribution is 0.0209. The average Bonchev–Trinajstić information content (AvgIpc) is 2.62. The second-order valence-corrected chi connectivity index (χ2v) is 8.43. The van der Waals surface area contributed by atoms with Crippen LogP contribution in [0.15, 0.2) is 29.2 Å². The van der Waals surface area contributed by atoms with E-state index in [9.17, 15) is 8.42 Å².